The topological polar surface area (TPSA) is 52.3 Å². The van der Waals surface area contributed by atoms with Gasteiger partial charge in [-0.1, -0.05) is 30.3 Å². The number of thioether (sulfide) groups is 2. The van der Waals surface area contributed by atoms with Crippen LogP contribution in [0.5, 0.6) is 0 Å². The monoisotopic (exact) mass is 307 g/mol. The van der Waals surface area contributed by atoms with E-state index in [0.717, 1.165) is 10.8 Å². The number of ether oxygens (including phenoxy) is 1. The van der Waals surface area contributed by atoms with Gasteiger partial charge in [-0.25, -0.2) is 0 Å². The molecule has 0 aliphatic rings. The van der Waals surface area contributed by atoms with Crippen LogP contribution in [0.4, 0.5) is 0 Å². The van der Waals surface area contributed by atoms with E-state index in [1.54, 1.807) is 11.8 Å². The predicted molar refractivity (Wildman–Crippen MR) is 82.3 cm³/mol. The summed E-state index contributed by atoms with van der Waals surface area (Å²) in [7, 11) is 1.36. The van der Waals surface area contributed by atoms with Crippen LogP contribution in [0.2, 0.25) is 0 Å². The van der Waals surface area contributed by atoms with Gasteiger partial charge in [-0.15, -0.1) is 35.9 Å². The van der Waals surface area contributed by atoms with Crippen LogP contribution in [0.3, 0.4) is 0 Å². The number of hydrogen-bond acceptors (Lipinski definition) is 5. The van der Waals surface area contributed by atoms with Crippen LogP contribution in [0.1, 0.15) is 5.56 Å². The van der Waals surface area contributed by atoms with Crippen LogP contribution in [-0.4, -0.2) is 30.0 Å². The number of hydrogen-bond donors (Lipinski definition) is 1. The summed E-state index contributed by atoms with van der Waals surface area (Å²) in [4.78, 5) is 11.0. The molecule has 102 valence electrons. The lowest BCUT2D eigenvalue weighted by molar-refractivity contribution is -0.141. The van der Waals surface area contributed by atoms with Crippen molar-refractivity contribution in [2.75, 3.05) is 17.9 Å². The van der Waals surface area contributed by atoms with Gasteiger partial charge in [0.25, 0.3) is 0 Å². The van der Waals surface area contributed by atoms with Crippen molar-refractivity contribution in [2.24, 2.45) is 5.73 Å². The van der Waals surface area contributed by atoms with E-state index in [-0.39, 0.29) is 18.4 Å². The zero-order valence-corrected chi connectivity index (χ0v) is 12.7. The molecule has 18 heavy (non-hydrogen) atoms. The van der Waals surface area contributed by atoms with Gasteiger partial charge in [0.2, 0.25) is 0 Å². The first-order valence-corrected chi connectivity index (χ1v) is 7.58. The van der Waals surface area contributed by atoms with E-state index in [2.05, 4.69) is 16.9 Å². The van der Waals surface area contributed by atoms with Crippen molar-refractivity contribution in [1.82, 2.24) is 0 Å². The van der Waals surface area contributed by atoms with Gasteiger partial charge in [0, 0.05) is 16.6 Å². The summed E-state index contributed by atoms with van der Waals surface area (Å²) in [5.41, 5.74) is 6.93. The van der Waals surface area contributed by atoms with Gasteiger partial charge >= 0.3 is 5.97 Å². The summed E-state index contributed by atoms with van der Waals surface area (Å²) in [5.74, 6) is 1.25. The fraction of sp³-hybridized carbons (Fsp3) is 0.417. The predicted octanol–water partition coefficient (Wildman–Crippen LogP) is 2.53. The first-order chi connectivity index (χ1) is 8.24. The highest BCUT2D eigenvalue weighted by atomic mass is 35.5. The second-order valence-electron chi connectivity index (χ2n) is 3.45. The third-order valence-electron chi connectivity index (χ3n) is 2.08. The van der Waals surface area contributed by atoms with E-state index in [1.807, 2.05) is 30.0 Å². The number of carbonyl (C=O) groups is 1. The summed E-state index contributed by atoms with van der Waals surface area (Å²) in [5, 5.41) is 0.930. The molecule has 0 saturated carbocycles. The van der Waals surface area contributed by atoms with Crippen molar-refractivity contribution in [3.05, 3.63) is 35.9 Å². The Labute approximate surface area is 123 Å². The molecule has 0 radical (unpaired) electrons. The molecule has 0 spiro atoms. The Morgan fingerprint density at radius 3 is 2.61 bits per heavy atom. The van der Waals surface area contributed by atoms with Gasteiger partial charge in [0.1, 0.15) is 6.04 Å². The van der Waals surface area contributed by atoms with Crippen molar-refractivity contribution in [2.45, 2.75) is 11.8 Å². The Kier molecular flexibility index (Phi) is 10.3. The average molecular weight is 308 g/mol. The molecule has 0 amide bonds. The Balaban J connectivity index is 0.00000289. The van der Waals surface area contributed by atoms with Crippen LogP contribution in [0.15, 0.2) is 30.3 Å². The normalized spacial score (nSPS) is 11.4. The second kappa shape index (κ2) is 10.6. The molecule has 1 rings (SSSR count). The van der Waals surface area contributed by atoms with Crippen LogP contribution < -0.4 is 5.73 Å². The Morgan fingerprint density at radius 1 is 1.33 bits per heavy atom. The van der Waals surface area contributed by atoms with Gasteiger partial charge in [-0.05, 0) is 5.56 Å². The smallest absolute Gasteiger partial charge is 0.323 e. The summed E-state index contributed by atoms with van der Waals surface area (Å²) >= 11 is 3.48. The molecular formula is C12H18ClNO2S2. The minimum Gasteiger partial charge on any atom is -0.468 e. The SMILES string of the molecule is COC(=O)[C@@H](N)CSCSCc1ccccc1.Cl. The van der Waals surface area contributed by atoms with E-state index in [0.29, 0.717) is 5.75 Å². The lowest BCUT2D eigenvalue weighted by atomic mass is 10.2. The number of esters is 1. The maximum atomic E-state index is 11.0. The number of halogens is 1. The number of nitrogens with two attached hydrogens (primary N) is 1. The van der Waals surface area contributed by atoms with Crippen molar-refractivity contribution in [3.8, 4) is 0 Å². The van der Waals surface area contributed by atoms with Crippen molar-refractivity contribution in [3.63, 3.8) is 0 Å². The van der Waals surface area contributed by atoms with Crippen LogP contribution in [-0.2, 0) is 15.3 Å². The molecule has 6 heteroatoms. The van der Waals surface area contributed by atoms with Gasteiger partial charge in [-0.3, -0.25) is 4.79 Å². The molecule has 3 nitrogen and oxygen atoms in total. The van der Waals surface area contributed by atoms with E-state index < -0.39 is 6.04 Å². The fourth-order valence-electron chi connectivity index (χ4n) is 1.19. The zero-order chi connectivity index (χ0) is 12.5. The summed E-state index contributed by atoms with van der Waals surface area (Å²) in [6.07, 6.45) is 0. The molecule has 0 saturated heterocycles. The maximum Gasteiger partial charge on any atom is 0.323 e. The van der Waals surface area contributed by atoms with Crippen LogP contribution >= 0.6 is 35.9 Å². The Morgan fingerprint density at radius 2 is 2.00 bits per heavy atom. The number of methoxy groups -OCH3 is 1. The van der Waals surface area contributed by atoms with Crippen LogP contribution in [0, 0.1) is 0 Å². The maximum absolute atomic E-state index is 11.0. The number of benzene rings is 1. The average Bonchev–Trinajstić information content (AvgIpc) is 2.38. The van der Waals surface area contributed by atoms with Gasteiger partial charge < -0.3 is 10.5 Å². The van der Waals surface area contributed by atoms with E-state index in [1.165, 1.54) is 12.7 Å². The molecule has 0 unspecified atom stereocenters. The highest BCUT2D eigenvalue weighted by Crippen LogP contribution is 2.17. The minimum absolute atomic E-state index is 0. The first kappa shape index (κ1) is 17.6. The number of carbonyl (C=O) groups excluding carboxylic acids is 1. The molecule has 0 fully saturated rings. The fourth-order valence-corrected chi connectivity index (χ4v) is 3.19. The zero-order valence-electron chi connectivity index (χ0n) is 10.2. The second-order valence-corrected chi connectivity index (χ2v) is 5.83. The highest BCUT2D eigenvalue weighted by Gasteiger charge is 2.12. The van der Waals surface area contributed by atoms with Crippen molar-refractivity contribution < 1.29 is 9.53 Å². The third kappa shape index (κ3) is 7.16. The molecule has 0 aliphatic carbocycles. The molecule has 0 bridgehead atoms. The Hall–Kier alpha value is -0.360. The molecular weight excluding hydrogens is 290 g/mol. The molecule has 1 aromatic carbocycles. The van der Waals surface area contributed by atoms with E-state index in [9.17, 15) is 4.79 Å². The molecule has 2 N–H and O–H groups in total. The van der Waals surface area contributed by atoms with Crippen molar-refractivity contribution >= 4 is 41.9 Å². The summed E-state index contributed by atoms with van der Waals surface area (Å²) in [6, 6.07) is 9.79. The highest BCUT2D eigenvalue weighted by molar-refractivity contribution is 8.15. The van der Waals surface area contributed by atoms with E-state index in [4.69, 9.17) is 5.73 Å². The minimum atomic E-state index is -0.512. The van der Waals surface area contributed by atoms with Crippen molar-refractivity contribution in [1.29, 1.82) is 0 Å². The van der Waals surface area contributed by atoms with Gasteiger partial charge in [-0.2, -0.15) is 0 Å². The molecule has 1 aromatic rings. The lowest BCUT2D eigenvalue weighted by Gasteiger charge is -2.08. The summed E-state index contributed by atoms with van der Waals surface area (Å²) < 4.78 is 4.55. The largest absolute Gasteiger partial charge is 0.468 e. The van der Waals surface area contributed by atoms with Gasteiger partial charge in [0.15, 0.2) is 0 Å². The standard InChI is InChI=1S/C12H17NO2S2.ClH/c1-15-12(14)11(13)8-17-9-16-7-10-5-3-2-4-6-10;/h2-6,11H,7-9,13H2,1H3;1H/t11-;/m0./s1. The molecule has 0 heterocycles. The number of rotatable bonds is 7. The third-order valence-corrected chi connectivity index (χ3v) is 4.55. The Bertz CT molecular complexity index is 338. The first-order valence-electron chi connectivity index (χ1n) is 5.27. The summed E-state index contributed by atoms with van der Waals surface area (Å²) in [6.45, 7) is 0. The quantitative estimate of drug-likeness (QED) is 0.476. The lowest BCUT2D eigenvalue weighted by Crippen LogP contribution is -2.33. The van der Waals surface area contributed by atoms with E-state index >= 15 is 0 Å². The molecule has 0 aliphatic heterocycles. The van der Waals surface area contributed by atoms with Crippen LogP contribution in [0.25, 0.3) is 0 Å². The van der Waals surface area contributed by atoms with Gasteiger partial charge in [0.05, 0.1) is 7.11 Å². The molecule has 1 atom stereocenters. The molecule has 0 aromatic heterocycles.